The number of nitrogens with zero attached hydrogens (tertiary/aromatic N) is 4. The standard InChI is InChI=1S/C23H30FN5O2/c1-23(2,3)31-22(30)28-8-6-16(7-9-28)10-18(24)11-17-13-25-21-5-4-19(12-20(17)21)29-14-26-27-15-29/h4-5,12-16,18,25H,6-11H2,1-3H3. The number of hydrogen-bond donors (Lipinski definition) is 1. The lowest BCUT2D eigenvalue weighted by Crippen LogP contribution is -2.42. The number of halogens is 1. The van der Waals surface area contributed by atoms with Crippen molar-refractivity contribution in [3.8, 4) is 5.69 Å². The van der Waals surface area contributed by atoms with Crippen molar-refractivity contribution < 1.29 is 13.9 Å². The number of carbonyl (C=O) groups excluding carboxylic acids is 1. The highest BCUT2D eigenvalue weighted by molar-refractivity contribution is 5.85. The van der Waals surface area contributed by atoms with Gasteiger partial charge in [-0.2, -0.15) is 0 Å². The lowest BCUT2D eigenvalue weighted by Gasteiger charge is -2.33. The first kappa shape index (κ1) is 21.3. The van der Waals surface area contributed by atoms with Gasteiger partial charge >= 0.3 is 6.09 Å². The van der Waals surface area contributed by atoms with E-state index in [1.165, 1.54) is 0 Å². The first-order chi connectivity index (χ1) is 14.8. The Hall–Kier alpha value is -2.90. The van der Waals surface area contributed by atoms with Gasteiger partial charge in [0.15, 0.2) is 0 Å². The predicted molar refractivity (Wildman–Crippen MR) is 117 cm³/mol. The summed E-state index contributed by atoms with van der Waals surface area (Å²) in [6, 6.07) is 6.02. The topological polar surface area (TPSA) is 76.0 Å². The molecule has 3 aromatic rings. The van der Waals surface area contributed by atoms with Crippen LogP contribution in [0.25, 0.3) is 16.6 Å². The molecule has 0 aliphatic carbocycles. The molecule has 1 amide bonds. The predicted octanol–water partition coefficient (Wildman–Crippen LogP) is 4.67. The Morgan fingerprint density at radius 2 is 1.97 bits per heavy atom. The van der Waals surface area contributed by atoms with E-state index in [1.807, 2.05) is 49.7 Å². The fourth-order valence-electron chi connectivity index (χ4n) is 4.19. The quantitative estimate of drug-likeness (QED) is 0.642. The van der Waals surface area contributed by atoms with Crippen molar-refractivity contribution in [2.75, 3.05) is 13.1 Å². The molecule has 1 atom stereocenters. The monoisotopic (exact) mass is 427 g/mol. The number of piperidine rings is 1. The van der Waals surface area contributed by atoms with Gasteiger partial charge in [-0.1, -0.05) is 0 Å². The van der Waals surface area contributed by atoms with E-state index in [0.29, 0.717) is 25.9 Å². The van der Waals surface area contributed by atoms with E-state index in [1.54, 1.807) is 17.6 Å². The van der Waals surface area contributed by atoms with E-state index in [0.717, 1.165) is 35.0 Å². The van der Waals surface area contributed by atoms with Crippen LogP contribution in [0.3, 0.4) is 0 Å². The Morgan fingerprint density at radius 1 is 1.26 bits per heavy atom. The number of H-pyrrole nitrogens is 1. The van der Waals surface area contributed by atoms with Crippen molar-refractivity contribution in [3.63, 3.8) is 0 Å². The minimum Gasteiger partial charge on any atom is -0.444 e. The smallest absolute Gasteiger partial charge is 0.410 e. The summed E-state index contributed by atoms with van der Waals surface area (Å²) in [5, 5.41) is 8.72. The summed E-state index contributed by atoms with van der Waals surface area (Å²) in [5.74, 6) is 0.284. The van der Waals surface area contributed by atoms with E-state index in [9.17, 15) is 9.18 Å². The fourth-order valence-corrected chi connectivity index (χ4v) is 4.19. The minimum atomic E-state index is -0.921. The van der Waals surface area contributed by atoms with Crippen molar-refractivity contribution in [1.29, 1.82) is 0 Å². The highest BCUT2D eigenvalue weighted by atomic mass is 19.1. The number of alkyl halides is 1. The summed E-state index contributed by atoms with van der Waals surface area (Å²) >= 11 is 0. The van der Waals surface area contributed by atoms with Crippen LogP contribution in [0.5, 0.6) is 0 Å². The van der Waals surface area contributed by atoms with Crippen LogP contribution in [-0.4, -0.2) is 55.6 Å². The second-order valence-corrected chi connectivity index (χ2v) is 9.36. The van der Waals surface area contributed by atoms with Crippen molar-refractivity contribution in [2.45, 2.75) is 58.2 Å². The zero-order valence-corrected chi connectivity index (χ0v) is 18.3. The van der Waals surface area contributed by atoms with Crippen LogP contribution < -0.4 is 0 Å². The van der Waals surface area contributed by atoms with Gasteiger partial charge in [0.05, 0.1) is 0 Å². The highest BCUT2D eigenvalue weighted by Gasteiger charge is 2.28. The van der Waals surface area contributed by atoms with Gasteiger partial charge in [-0.25, -0.2) is 9.18 Å². The molecule has 3 heterocycles. The van der Waals surface area contributed by atoms with Crippen LogP contribution in [-0.2, 0) is 11.2 Å². The zero-order chi connectivity index (χ0) is 22.0. The summed E-state index contributed by atoms with van der Waals surface area (Å²) < 4.78 is 22.3. The Bertz CT molecular complexity index is 1020. The molecule has 1 aliphatic rings. The van der Waals surface area contributed by atoms with E-state index in [-0.39, 0.29) is 12.0 Å². The van der Waals surface area contributed by atoms with Crippen molar-refractivity contribution in [1.82, 2.24) is 24.6 Å². The first-order valence-electron chi connectivity index (χ1n) is 10.9. The van der Waals surface area contributed by atoms with E-state index >= 15 is 0 Å². The summed E-state index contributed by atoms with van der Waals surface area (Å²) in [6.07, 6.45) is 6.51. The van der Waals surface area contributed by atoms with Crippen molar-refractivity contribution in [3.05, 3.63) is 42.6 Å². The van der Waals surface area contributed by atoms with Crippen molar-refractivity contribution in [2.24, 2.45) is 5.92 Å². The number of rotatable bonds is 5. The van der Waals surface area contributed by atoms with Gasteiger partial charge in [0, 0.05) is 42.3 Å². The maximum Gasteiger partial charge on any atom is 0.410 e. The molecule has 1 N–H and O–H groups in total. The number of fused-ring (bicyclic) bond motifs is 1. The lowest BCUT2D eigenvalue weighted by atomic mass is 9.90. The van der Waals surface area contributed by atoms with Gasteiger partial charge < -0.3 is 14.6 Å². The van der Waals surface area contributed by atoms with Crippen LogP contribution in [0.4, 0.5) is 9.18 Å². The molecule has 0 radical (unpaired) electrons. The van der Waals surface area contributed by atoms with Crippen LogP contribution in [0, 0.1) is 5.92 Å². The maximum atomic E-state index is 15.0. The number of carbonyl (C=O) groups is 1. The molecule has 0 spiro atoms. The van der Waals surface area contributed by atoms with Crippen LogP contribution in [0.15, 0.2) is 37.1 Å². The third kappa shape index (κ3) is 5.24. The summed E-state index contributed by atoms with van der Waals surface area (Å²) in [5.41, 5.74) is 2.42. The third-order valence-electron chi connectivity index (χ3n) is 5.76. The van der Waals surface area contributed by atoms with Crippen LogP contribution in [0.1, 0.15) is 45.6 Å². The molecule has 7 nitrogen and oxygen atoms in total. The number of likely N-dealkylation sites (tertiary alicyclic amines) is 1. The fraction of sp³-hybridized carbons (Fsp3) is 0.522. The molecule has 4 rings (SSSR count). The Balaban J connectivity index is 1.33. The van der Waals surface area contributed by atoms with E-state index < -0.39 is 11.8 Å². The molecule has 2 aromatic heterocycles. The number of nitrogens with one attached hydrogen (secondary N) is 1. The first-order valence-corrected chi connectivity index (χ1v) is 10.9. The van der Waals surface area contributed by atoms with Gasteiger partial charge in [0.2, 0.25) is 0 Å². The number of ether oxygens (including phenoxy) is 1. The second-order valence-electron chi connectivity index (χ2n) is 9.36. The number of aromatic amines is 1. The second kappa shape index (κ2) is 8.69. The zero-order valence-electron chi connectivity index (χ0n) is 18.3. The SMILES string of the molecule is CC(C)(C)OC(=O)N1CCC(CC(F)Cc2c[nH]c3ccc(-n4cnnc4)cc23)CC1. The Labute approximate surface area is 181 Å². The van der Waals surface area contributed by atoms with Gasteiger partial charge in [0.25, 0.3) is 0 Å². The molecular formula is C23H30FN5O2. The highest BCUT2D eigenvalue weighted by Crippen LogP contribution is 2.28. The number of aromatic nitrogens is 4. The molecule has 1 aliphatic heterocycles. The third-order valence-corrected chi connectivity index (χ3v) is 5.76. The average Bonchev–Trinajstić information content (AvgIpc) is 3.37. The molecule has 1 fully saturated rings. The van der Waals surface area contributed by atoms with Gasteiger partial charge in [-0.05, 0) is 69.7 Å². The van der Waals surface area contributed by atoms with Crippen LogP contribution in [0.2, 0.25) is 0 Å². The van der Waals surface area contributed by atoms with Crippen molar-refractivity contribution >= 4 is 17.0 Å². The summed E-state index contributed by atoms with van der Waals surface area (Å²) in [6.45, 7) is 6.85. The lowest BCUT2D eigenvalue weighted by molar-refractivity contribution is 0.0173. The van der Waals surface area contributed by atoms with Gasteiger partial charge in [-0.15, -0.1) is 10.2 Å². The molecule has 1 aromatic carbocycles. The number of hydrogen-bond acceptors (Lipinski definition) is 4. The molecular weight excluding hydrogens is 397 g/mol. The minimum absolute atomic E-state index is 0.273. The van der Waals surface area contributed by atoms with E-state index in [4.69, 9.17) is 4.74 Å². The summed E-state index contributed by atoms with van der Waals surface area (Å²) in [4.78, 5) is 17.2. The van der Waals surface area contributed by atoms with Gasteiger partial charge in [-0.3, -0.25) is 4.57 Å². The normalized spacial score (nSPS) is 16.6. The summed E-state index contributed by atoms with van der Waals surface area (Å²) in [7, 11) is 0. The largest absolute Gasteiger partial charge is 0.444 e. The average molecular weight is 428 g/mol. The molecule has 31 heavy (non-hydrogen) atoms. The maximum absolute atomic E-state index is 15.0. The van der Waals surface area contributed by atoms with Gasteiger partial charge in [0.1, 0.15) is 24.4 Å². The Morgan fingerprint density at radius 3 is 2.65 bits per heavy atom. The molecule has 0 saturated carbocycles. The molecule has 1 unspecified atom stereocenters. The van der Waals surface area contributed by atoms with E-state index in [2.05, 4.69) is 15.2 Å². The number of benzene rings is 1. The molecule has 166 valence electrons. The Kier molecular flexibility index (Phi) is 5.98. The number of amides is 1. The van der Waals surface area contributed by atoms with Crippen LogP contribution >= 0.6 is 0 Å². The molecule has 8 heteroatoms. The molecule has 1 saturated heterocycles. The molecule has 0 bridgehead atoms.